The molecule has 4 heteroatoms. The monoisotopic (exact) mass is 215 g/mol. The molecule has 1 aromatic heterocycles. The third-order valence-electron chi connectivity index (χ3n) is 1.74. The summed E-state index contributed by atoms with van der Waals surface area (Å²) in [7, 11) is 6.36. The molecule has 1 rings (SSSR count). The van der Waals surface area contributed by atoms with Crippen LogP contribution in [0.5, 0.6) is 5.75 Å². The summed E-state index contributed by atoms with van der Waals surface area (Å²) in [6.45, 7) is 1.58. The SMILES string of the molecule is C[N+](C)(C)CCOc1cccnc1Cl. The molecule has 0 aromatic carbocycles. The molecule has 0 aliphatic carbocycles. The Kier molecular flexibility index (Phi) is 3.72. The normalized spacial score (nSPS) is 11.4. The van der Waals surface area contributed by atoms with E-state index in [-0.39, 0.29) is 0 Å². The highest BCUT2D eigenvalue weighted by Gasteiger charge is 2.07. The van der Waals surface area contributed by atoms with E-state index in [2.05, 4.69) is 26.1 Å². The second-order valence-electron chi connectivity index (χ2n) is 4.15. The van der Waals surface area contributed by atoms with E-state index < -0.39 is 0 Å². The van der Waals surface area contributed by atoms with Crippen LogP contribution in [-0.4, -0.2) is 43.8 Å². The van der Waals surface area contributed by atoms with Crippen molar-refractivity contribution in [3.05, 3.63) is 23.5 Å². The summed E-state index contributed by atoms with van der Waals surface area (Å²) in [6.07, 6.45) is 1.65. The minimum Gasteiger partial charge on any atom is -0.484 e. The molecule has 78 valence electrons. The van der Waals surface area contributed by atoms with Crippen LogP contribution in [0.15, 0.2) is 18.3 Å². The van der Waals surface area contributed by atoms with Crippen molar-refractivity contribution in [2.45, 2.75) is 0 Å². The lowest BCUT2D eigenvalue weighted by atomic mass is 10.4. The van der Waals surface area contributed by atoms with Gasteiger partial charge in [-0.05, 0) is 12.1 Å². The third kappa shape index (κ3) is 3.94. The van der Waals surface area contributed by atoms with Gasteiger partial charge in [-0.25, -0.2) is 4.98 Å². The quantitative estimate of drug-likeness (QED) is 0.565. The smallest absolute Gasteiger partial charge is 0.171 e. The average Bonchev–Trinajstić information content (AvgIpc) is 2.06. The zero-order valence-corrected chi connectivity index (χ0v) is 9.58. The van der Waals surface area contributed by atoms with Crippen molar-refractivity contribution in [2.24, 2.45) is 0 Å². The molecule has 1 aromatic rings. The molecule has 0 saturated heterocycles. The molecule has 0 atom stereocenters. The van der Waals surface area contributed by atoms with Crippen molar-refractivity contribution in [3.63, 3.8) is 0 Å². The molecule has 0 amide bonds. The topological polar surface area (TPSA) is 22.1 Å². The van der Waals surface area contributed by atoms with Gasteiger partial charge in [-0.1, -0.05) is 11.6 Å². The van der Waals surface area contributed by atoms with Gasteiger partial charge in [0.25, 0.3) is 0 Å². The Morgan fingerprint density at radius 2 is 2.14 bits per heavy atom. The second kappa shape index (κ2) is 4.62. The number of rotatable bonds is 4. The van der Waals surface area contributed by atoms with Crippen LogP contribution in [0.2, 0.25) is 5.15 Å². The fourth-order valence-electron chi connectivity index (χ4n) is 0.908. The molecule has 0 aliphatic rings. The Labute approximate surface area is 89.9 Å². The molecule has 0 aliphatic heterocycles. The molecule has 0 fully saturated rings. The highest BCUT2D eigenvalue weighted by atomic mass is 35.5. The molecular formula is C10H16ClN2O+. The summed E-state index contributed by atoms with van der Waals surface area (Å²) < 4.78 is 6.38. The van der Waals surface area contributed by atoms with Crippen molar-refractivity contribution in [2.75, 3.05) is 34.3 Å². The summed E-state index contributed by atoms with van der Waals surface area (Å²) >= 11 is 5.83. The number of quaternary nitrogens is 1. The van der Waals surface area contributed by atoms with Crippen LogP contribution in [0.1, 0.15) is 0 Å². The summed E-state index contributed by atoms with van der Waals surface area (Å²) in [5.74, 6) is 0.655. The van der Waals surface area contributed by atoms with Gasteiger partial charge in [-0.2, -0.15) is 0 Å². The van der Waals surface area contributed by atoms with Crippen molar-refractivity contribution in [3.8, 4) is 5.75 Å². The van der Waals surface area contributed by atoms with Gasteiger partial charge < -0.3 is 9.22 Å². The summed E-state index contributed by atoms with van der Waals surface area (Å²) in [6, 6.07) is 3.64. The number of ether oxygens (including phenoxy) is 1. The van der Waals surface area contributed by atoms with Crippen LogP contribution in [-0.2, 0) is 0 Å². The van der Waals surface area contributed by atoms with Gasteiger partial charge in [-0.3, -0.25) is 0 Å². The zero-order valence-electron chi connectivity index (χ0n) is 8.83. The first-order chi connectivity index (χ1) is 6.49. The van der Waals surface area contributed by atoms with E-state index in [0.29, 0.717) is 17.5 Å². The highest BCUT2D eigenvalue weighted by Crippen LogP contribution is 2.19. The standard InChI is InChI=1S/C10H16ClN2O/c1-13(2,3)7-8-14-9-5-4-6-12-10(9)11/h4-6H,7-8H2,1-3H3/q+1. The fourth-order valence-corrected chi connectivity index (χ4v) is 1.08. The zero-order chi connectivity index (χ0) is 10.6. The van der Waals surface area contributed by atoms with Crippen LogP contribution in [0, 0.1) is 0 Å². The van der Waals surface area contributed by atoms with Crippen molar-refractivity contribution in [1.82, 2.24) is 4.98 Å². The lowest BCUT2D eigenvalue weighted by molar-refractivity contribution is -0.870. The minimum atomic E-state index is 0.425. The maximum absolute atomic E-state index is 5.83. The third-order valence-corrected chi connectivity index (χ3v) is 2.03. The molecule has 3 nitrogen and oxygen atoms in total. The number of likely N-dealkylation sites (N-methyl/N-ethyl adjacent to an activating group) is 1. The van der Waals surface area contributed by atoms with Gasteiger partial charge in [-0.15, -0.1) is 0 Å². The Hall–Kier alpha value is -0.800. The van der Waals surface area contributed by atoms with Gasteiger partial charge in [0, 0.05) is 6.20 Å². The summed E-state index contributed by atoms with van der Waals surface area (Å²) in [4.78, 5) is 3.93. The minimum absolute atomic E-state index is 0.425. The Balaban J connectivity index is 2.43. The maximum atomic E-state index is 5.83. The van der Waals surface area contributed by atoms with E-state index in [1.165, 1.54) is 0 Å². The van der Waals surface area contributed by atoms with E-state index in [9.17, 15) is 0 Å². The molecule has 0 spiro atoms. The highest BCUT2D eigenvalue weighted by molar-refractivity contribution is 6.30. The van der Waals surface area contributed by atoms with Gasteiger partial charge >= 0.3 is 0 Å². The molecule has 14 heavy (non-hydrogen) atoms. The fraction of sp³-hybridized carbons (Fsp3) is 0.500. The lowest BCUT2D eigenvalue weighted by Gasteiger charge is -2.23. The van der Waals surface area contributed by atoms with Crippen LogP contribution in [0.25, 0.3) is 0 Å². The van der Waals surface area contributed by atoms with Crippen LogP contribution in [0.4, 0.5) is 0 Å². The van der Waals surface area contributed by atoms with Crippen molar-refractivity contribution < 1.29 is 9.22 Å². The Morgan fingerprint density at radius 1 is 1.43 bits per heavy atom. The van der Waals surface area contributed by atoms with E-state index in [4.69, 9.17) is 16.3 Å². The van der Waals surface area contributed by atoms with E-state index in [1.54, 1.807) is 6.20 Å². The number of pyridine rings is 1. The molecule has 0 saturated carbocycles. The molecule has 0 radical (unpaired) electrons. The molecule has 0 bridgehead atoms. The Bertz CT molecular complexity index is 296. The first kappa shape index (κ1) is 11.3. The maximum Gasteiger partial charge on any atom is 0.171 e. The van der Waals surface area contributed by atoms with Gasteiger partial charge in [0.15, 0.2) is 10.9 Å². The largest absolute Gasteiger partial charge is 0.484 e. The second-order valence-corrected chi connectivity index (χ2v) is 4.51. The predicted molar refractivity (Wildman–Crippen MR) is 57.6 cm³/mol. The van der Waals surface area contributed by atoms with Gasteiger partial charge in [0.2, 0.25) is 0 Å². The number of hydrogen-bond donors (Lipinski definition) is 0. The molecular weight excluding hydrogens is 200 g/mol. The lowest BCUT2D eigenvalue weighted by Crippen LogP contribution is -2.38. The van der Waals surface area contributed by atoms with Crippen LogP contribution in [0.3, 0.4) is 0 Å². The first-order valence-corrected chi connectivity index (χ1v) is 4.90. The first-order valence-electron chi connectivity index (χ1n) is 4.53. The van der Waals surface area contributed by atoms with E-state index in [0.717, 1.165) is 11.0 Å². The van der Waals surface area contributed by atoms with E-state index >= 15 is 0 Å². The van der Waals surface area contributed by atoms with Crippen LogP contribution >= 0.6 is 11.6 Å². The van der Waals surface area contributed by atoms with Crippen molar-refractivity contribution in [1.29, 1.82) is 0 Å². The number of nitrogens with zero attached hydrogens (tertiary/aromatic N) is 2. The molecule has 1 heterocycles. The number of aromatic nitrogens is 1. The van der Waals surface area contributed by atoms with Crippen molar-refractivity contribution >= 4 is 11.6 Å². The predicted octanol–water partition coefficient (Wildman–Crippen LogP) is 1.82. The number of hydrogen-bond acceptors (Lipinski definition) is 2. The summed E-state index contributed by atoms with van der Waals surface area (Å²) in [5, 5.41) is 0.425. The average molecular weight is 216 g/mol. The molecule has 0 N–H and O–H groups in total. The number of halogens is 1. The van der Waals surface area contributed by atoms with Gasteiger partial charge in [0.1, 0.15) is 13.2 Å². The van der Waals surface area contributed by atoms with Gasteiger partial charge in [0.05, 0.1) is 21.1 Å². The molecule has 0 unspecified atom stereocenters. The van der Waals surface area contributed by atoms with E-state index in [1.807, 2.05) is 12.1 Å². The van der Waals surface area contributed by atoms with Crippen LogP contribution < -0.4 is 4.74 Å². The Morgan fingerprint density at radius 3 is 2.71 bits per heavy atom. The summed E-state index contributed by atoms with van der Waals surface area (Å²) in [5.41, 5.74) is 0.